The van der Waals surface area contributed by atoms with Gasteiger partial charge >= 0.3 is 0 Å². The minimum atomic E-state index is -0.327. The van der Waals surface area contributed by atoms with Crippen LogP contribution >= 0.6 is 0 Å². The molecule has 3 N–H and O–H groups in total. The van der Waals surface area contributed by atoms with Crippen LogP contribution in [0.4, 0.5) is 4.39 Å². The maximum atomic E-state index is 13.1. The third-order valence-corrected chi connectivity index (χ3v) is 2.84. The van der Waals surface area contributed by atoms with Crippen molar-refractivity contribution in [1.82, 2.24) is 0 Å². The normalized spacial score (nSPS) is 10.2. The fraction of sp³-hybridized carbons (Fsp3) is 0.133. The number of nitrogens with two attached hydrogens (primary N) is 1. The summed E-state index contributed by atoms with van der Waals surface area (Å²) in [5, 5.41) is 7.55. The van der Waals surface area contributed by atoms with Gasteiger partial charge in [-0.25, -0.2) is 4.39 Å². The zero-order valence-corrected chi connectivity index (χ0v) is 11.2. The van der Waals surface area contributed by atoms with Gasteiger partial charge in [0.15, 0.2) is 0 Å². The predicted octanol–water partition coefficient (Wildman–Crippen LogP) is 3.22. The Morgan fingerprint density at radius 3 is 2.50 bits per heavy atom. The molecule has 0 unspecified atom stereocenters. The van der Waals surface area contributed by atoms with Crippen LogP contribution in [-0.2, 0) is 0 Å². The molecule has 0 saturated heterocycles. The van der Waals surface area contributed by atoms with Crippen LogP contribution in [0.15, 0.2) is 36.4 Å². The van der Waals surface area contributed by atoms with Crippen molar-refractivity contribution in [3.63, 3.8) is 0 Å². The molecule has 0 aliphatic carbocycles. The minimum absolute atomic E-state index is 0.109. The number of hydrogen-bond donors (Lipinski definition) is 2. The predicted molar refractivity (Wildman–Crippen MR) is 75.2 cm³/mol. The highest BCUT2D eigenvalue weighted by Gasteiger charge is 2.11. The van der Waals surface area contributed by atoms with Crippen LogP contribution in [0.2, 0.25) is 0 Å². The molecular weight excluding hydrogens is 259 g/mol. The highest BCUT2D eigenvalue weighted by Crippen LogP contribution is 2.31. The van der Waals surface area contributed by atoms with Gasteiger partial charge in [-0.05, 0) is 42.8 Å². The Bertz CT molecular complexity index is 656. The SMILES string of the molecule is COc1ccc(C(=N)N)c(Oc2ccc(F)cc2C)c1. The summed E-state index contributed by atoms with van der Waals surface area (Å²) in [5.74, 6) is 1.05. The number of ether oxygens (including phenoxy) is 2. The third-order valence-electron chi connectivity index (χ3n) is 2.84. The molecule has 0 atom stereocenters. The molecule has 0 fully saturated rings. The molecule has 4 nitrogen and oxygen atoms in total. The molecule has 0 heterocycles. The fourth-order valence-corrected chi connectivity index (χ4v) is 1.78. The van der Waals surface area contributed by atoms with Crippen molar-refractivity contribution in [2.75, 3.05) is 7.11 Å². The summed E-state index contributed by atoms with van der Waals surface area (Å²) in [6.07, 6.45) is 0. The van der Waals surface area contributed by atoms with Crippen molar-refractivity contribution >= 4 is 5.84 Å². The molecule has 0 spiro atoms. The van der Waals surface area contributed by atoms with Crippen molar-refractivity contribution < 1.29 is 13.9 Å². The van der Waals surface area contributed by atoms with E-state index in [0.717, 1.165) is 0 Å². The van der Waals surface area contributed by atoms with E-state index >= 15 is 0 Å². The number of amidine groups is 1. The first-order chi connectivity index (χ1) is 9.51. The van der Waals surface area contributed by atoms with E-state index in [4.69, 9.17) is 20.6 Å². The van der Waals surface area contributed by atoms with Crippen molar-refractivity contribution in [3.05, 3.63) is 53.3 Å². The lowest BCUT2D eigenvalue weighted by molar-refractivity contribution is 0.408. The highest BCUT2D eigenvalue weighted by molar-refractivity contribution is 5.97. The monoisotopic (exact) mass is 274 g/mol. The standard InChI is InChI=1S/C15H15FN2O2/c1-9-7-10(16)3-6-13(9)20-14-8-11(19-2)4-5-12(14)15(17)18/h3-8H,1-2H3,(H3,17,18). The number of nitrogen functional groups attached to an aromatic ring is 1. The minimum Gasteiger partial charge on any atom is -0.497 e. The Morgan fingerprint density at radius 1 is 1.15 bits per heavy atom. The smallest absolute Gasteiger partial charge is 0.142 e. The molecule has 0 aromatic heterocycles. The zero-order valence-electron chi connectivity index (χ0n) is 11.2. The lowest BCUT2D eigenvalue weighted by atomic mass is 10.1. The van der Waals surface area contributed by atoms with Crippen LogP contribution in [0.25, 0.3) is 0 Å². The Morgan fingerprint density at radius 2 is 1.90 bits per heavy atom. The van der Waals surface area contributed by atoms with E-state index in [2.05, 4.69) is 0 Å². The number of hydrogen-bond acceptors (Lipinski definition) is 3. The van der Waals surface area contributed by atoms with Crippen molar-refractivity contribution in [2.45, 2.75) is 6.92 Å². The second-order valence-corrected chi connectivity index (χ2v) is 4.29. The van der Waals surface area contributed by atoms with Crippen LogP contribution < -0.4 is 15.2 Å². The number of rotatable bonds is 4. The van der Waals surface area contributed by atoms with Crippen LogP contribution in [0.1, 0.15) is 11.1 Å². The van der Waals surface area contributed by atoms with Crippen LogP contribution in [0.5, 0.6) is 17.2 Å². The number of nitrogens with one attached hydrogen (secondary N) is 1. The molecule has 2 aromatic carbocycles. The molecule has 104 valence electrons. The summed E-state index contributed by atoms with van der Waals surface area (Å²) >= 11 is 0. The first-order valence-electron chi connectivity index (χ1n) is 5.97. The Kier molecular flexibility index (Phi) is 3.89. The summed E-state index contributed by atoms with van der Waals surface area (Å²) in [7, 11) is 1.54. The van der Waals surface area contributed by atoms with Gasteiger partial charge in [0.1, 0.15) is 28.9 Å². The molecule has 5 heteroatoms. The molecule has 0 aliphatic rings. The molecule has 0 bridgehead atoms. The van der Waals surface area contributed by atoms with Gasteiger partial charge < -0.3 is 15.2 Å². The van der Waals surface area contributed by atoms with Gasteiger partial charge in [0, 0.05) is 6.07 Å². The molecule has 0 amide bonds. The largest absolute Gasteiger partial charge is 0.497 e. The van der Waals surface area contributed by atoms with Gasteiger partial charge in [-0.2, -0.15) is 0 Å². The Labute approximate surface area is 116 Å². The molecule has 2 aromatic rings. The number of halogens is 1. The second kappa shape index (κ2) is 5.61. The summed E-state index contributed by atoms with van der Waals surface area (Å²) in [6.45, 7) is 1.74. The van der Waals surface area contributed by atoms with E-state index in [0.29, 0.717) is 28.4 Å². The molecule has 0 radical (unpaired) electrons. The van der Waals surface area contributed by atoms with Gasteiger partial charge in [0.2, 0.25) is 0 Å². The van der Waals surface area contributed by atoms with E-state index in [-0.39, 0.29) is 11.7 Å². The van der Waals surface area contributed by atoms with Crippen molar-refractivity contribution in [1.29, 1.82) is 5.41 Å². The van der Waals surface area contributed by atoms with E-state index in [1.807, 2.05) is 0 Å². The first-order valence-corrected chi connectivity index (χ1v) is 5.97. The Hall–Kier alpha value is -2.56. The Balaban J connectivity index is 2.43. The maximum Gasteiger partial charge on any atom is 0.142 e. The van der Waals surface area contributed by atoms with Gasteiger partial charge in [0.25, 0.3) is 0 Å². The van der Waals surface area contributed by atoms with Crippen molar-refractivity contribution in [2.24, 2.45) is 5.73 Å². The second-order valence-electron chi connectivity index (χ2n) is 4.29. The quantitative estimate of drug-likeness (QED) is 0.664. The van der Waals surface area contributed by atoms with Gasteiger partial charge in [-0.1, -0.05) is 0 Å². The number of benzene rings is 2. The van der Waals surface area contributed by atoms with Crippen LogP contribution in [-0.4, -0.2) is 12.9 Å². The van der Waals surface area contributed by atoms with E-state index in [1.54, 1.807) is 25.1 Å². The lowest BCUT2D eigenvalue weighted by Crippen LogP contribution is -2.12. The van der Waals surface area contributed by atoms with E-state index in [9.17, 15) is 4.39 Å². The fourth-order valence-electron chi connectivity index (χ4n) is 1.78. The number of methoxy groups -OCH3 is 1. The summed E-state index contributed by atoms with van der Waals surface area (Å²) in [5.41, 5.74) is 6.63. The molecular formula is C15H15FN2O2. The third kappa shape index (κ3) is 2.88. The summed E-state index contributed by atoms with van der Waals surface area (Å²) in [6, 6.07) is 9.21. The van der Waals surface area contributed by atoms with Gasteiger partial charge in [-0.15, -0.1) is 0 Å². The van der Waals surface area contributed by atoms with E-state index < -0.39 is 0 Å². The molecule has 2 rings (SSSR count). The first kappa shape index (κ1) is 13.9. The lowest BCUT2D eigenvalue weighted by Gasteiger charge is -2.13. The maximum absolute atomic E-state index is 13.1. The molecule has 0 saturated carbocycles. The van der Waals surface area contributed by atoms with Crippen LogP contribution in [0, 0.1) is 18.2 Å². The zero-order chi connectivity index (χ0) is 14.7. The van der Waals surface area contributed by atoms with Gasteiger partial charge in [-0.3, -0.25) is 5.41 Å². The average molecular weight is 274 g/mol. The molecule has 20 heavy (non-hydrogen) atoms. The van der Waals surface area contributed by atoms with Crippen molar-refractivity contribution in [3.8, 4) is 17.2 Å². The topological polar surface area (TPSA) is 68.3 Å². The molecule has 0 aliphatic heterocycles. The highest BCUT2D eigenvalue weighted by atomic mass is 19.1. The van der Waals surface area contributed by atoms with Crippen LogP contribution in [0.3, 0.4) is 0 Å². The summed E-state index contributed by atoms with van der Waals surface area (Å²) in [4.78, 5) is 0. The average Bonchev–Trinajstić information content (AvgIpc) is 2.41. The van der Waals surface area contributed by atoms with Gasteiger partial charge in [0.05, 0.1) is 12.7 Å². The summed E-state index contributed by atoms with van der Waals surface area (Å²) < 4.78 is 23.9. The van der Waals surface area contributed by atoms with E-state index in [1.165, 1.54) is 25.3 Å². The number of aryl methyl sites for hydroxylation is 1.